The Labute approximate surface area is 162 Å². The molecule has 0 unspecified atom stereocenters. The maximum Gasteiger partial charge on any atom is 0.143 e. The van der Waals surface area contributed by atoms with E-state index in [2.05, 4.69) is 102 Å². The Balaban J connectivity index is 2.16. The van der Waals surface area contributed by atoms with Crippen LogP contribution in [0, 0.1) is 0 Å². The van der Waals surface area contributed by atoms with Gasteiger partial charge in [0.1, 0.15) is 11.2 Å². The summed E-state index contributed by atoms with van der Waals surface area (Å²) in [5, 5.41) is 2.42. The summed E-state index contributed by atoms with van der Waals surface area (Å²) in [6.45, 7) is 13.5. The largest absolute Gasteiger partial charge is 0.455 e. The smallest absolute Gasteiger partial charge is 0.143 e. The van der Waals surface area contributed by atoms with Crippen LogP contribution < -0.4 is 0 Å². The summed E-state index contributed by atoms with van der Waals surface area (Å²) >= 11 is 0. The molecule has 0 saturated carbocycles. The van der Waals surface area contributed by atoms with Gasteiger partial charge in [0.05, 0.1) is 0 Å². The van der Waals surface area contributed by atoms with Gasteiger partial charge in [0.25, 0.3) is 0 Å². The highest BCUT2D eigenvalue weighted by molar-refractivity contribution is 6.11. The van der Waals surface area contributed by atoms with E-state index >= 15 is 0 Å². The Morgan fingerprint density at radius 2 is 1.33 bits per heavy atom. The van der Waals surface area contributed by atoms with Crippen LogP contribution in [0.5, 0.6) is 0 Å². The summed E-state index contributed by atoms with van der Waals surface area (Å²) in [5.41, 5.74) is 7.07. The van der Waals surface area contributed by atoms with E-state index < -0.39 is 0 Å². The highest BCUT2D eigenvalue weighted by Gasteiger charge is 2.24. The fourth-order valence-electron chi connectivity index (χ4n) is 3.76. The summed E-state index contributed by atoms with van der Waals surface area (Å²) in [4.78, 5) is 0. The van der Waals surface area contributed by atoms with Crippen molar-refractivity contribution in [3.05, 3.63) is 71.8 Å². The van der Waals surface area contributed by atoms with Crippen molar-refractivity contribution in [3.63, 3.8) is 0 Å². The summed E-state index contributed by atoms with van der Waals surface area (Å²) < 4.78 is 6.56. The SMILES string of the molecule is CC(C)(C)c1cc(-c2ccccc2)c2oc3c(C(C)(C)C)cccc3c2c1. The molecule has 0 saturated heterocycles. The molecule has 0 fully saturated rings. The lowest BCUT2D eigenvalue weighted by Gasteiger charge is -2.20. The molecule has 0 aliphatic rings. The molecule has 0 spiro atoms. The first-order chi connectivity index (χ1) is 12.7. The highest BCUT2D eigenvalue weighted by Crippen LogP contribution is 2.42. The summed E-state index contributed by atoms with van der Waals surface area (Å²) in [7, 11) is 0. The van der Waals surface area contributed by atoms with Crippen molar-refractivity contribution in [1.82, 2.24) is 0 Å². The van der Waals surface area contributed by atoms with Crippen LogP contribution in [0.4, 0.5) is 0 Å². The summed E-state index contributed by atoms with van der Waals surface area (Å²) in [5.74, 6) is 0. The normalized spacial score (nSPS) is 12.8. The van der Waals surface area contributed by atoms with Crippen LogP contribution in [0.1, 0.15) is 52.7 Å². The molecule has 0 N–H and O–H groups in total. The van der Waals surface area contributed by atoms with Crippen LogP contribution >= 0.6 is 0 Å². The van der Waals surface area contributed by atoms with Gasteiger partial charge in [-0.1, -0.05) is 90.1 Å². The van der Waals surface area contributed by atoms with Gasteiger partial charge in [-0.3, -0.25) is 0 Å². The van der Waals surface area contributed by atoms with E-state index in [-0.39, 0.29) is 10.8 Å². The van der Waals surface area contributed by atoms with Crippen molar-refractivity contribution in [2.24, 2.45) is 0 Å². The van der Waals surface area contributed by atoms with Gasteiger partial charge >= 0.3 is 0 Å². The molecule has 0 aliphatic heterocycles. The lowest BCUT2D eigenvalue weighted by Crippen LogP contribution is -2.11. The number of hydrogen-bond donors (Lipinski definition) is 0. The van der Waals surface area contributed by atoms with E-state index in [1.807, 2.05) is 0 Å². The topological polar surface area (TPSA) is 13.1 Å². The molecule has 0 amide bonds. The minimum Gasteiger partial charge on any atom is -0.455 e. The molecule has 0 bridgehead atoms. The Morgan fingerprint density at radius 1 is 0.630 bits per heavy atom. The first-order valence-corrected chi connectivity index (χ1v) is 9.72. The quantitative estimate of drug-likeness (QED) is 0.338. The van der Waals surface area contributed by atoms with Crippen LogP contribution in [-0.2, 0) is 10.8 Å². The predicted octanol–water partition coefficient (Wildman–Crippen LogP) is 7.85. The van der Waals surface area contributed by atoms with Gasteiger partial charge in [-0.25, -0.2) is 0 Å². The van der Waals surface area contributed by atoms with Gasteiger partial charge in [-0.2, -0.15) is 0 Å². The average molecular weight is 357 g/mol. The van der Waals surface area contributed by atoms with Gasteiger partial charge in [0.2, 0.25) is 0 Å². The molecular formula is C26H28O. The molecule has 0 aliphatic carbocycles. The van der Waals surface area contributed by atoms with Crippen molar-refractivity contribution in [2.75, 3.05) is 0 Å². The molecule has 4 rings (SSSR count). The molecule has 0 radical (unpaired) electrons. The third-order valence-corrected chi connectivity index (χ3v) is 5.36. The average Bonchev–Trinajstić information content (AvgIpc) is 2.98. The molecule has 4 aromatic rings. The van der Waals surface area contributed by atoms with Crippen LogP contribution in [0.2, 0.25) is 0 Å². The first-order valence-electron chi connectivity index (χ1n) is 9.72. The number of fused-ring (bicyclic) bond motifs is 3. The van der Waals surface area contributed by atoms with Crippen LogP contribution in [0.25, 0.3) is 33.1 Å². The van der Waals surface area contributed by atoms with E-state index in [0.717, 1.165) is 11.2 Å². The van der Waals surface area contributed by atoms with E-state index in [1.165, 1.54) is 33.0 Å². The Bertz CT molecular complexity index is 1120. The van der Waals surface area contributed by atoms with E-state index in [4.69, 9.17) is 4.42 Å². The molecule has 1 nitrogen and oxygen atoms in total. The minimum atomic E-state index is 0.0349. The molecular weight excluding hydrogens is 328 g/mol. The molecule has 0 atom stereocenters. The second kappa shape index (κ2) is 5.99. The molecule has 3 aromatic carbocycles. The fraction of sp³-hybridized carbons (Fsp3) is 0.308. The zero-order chi connectivity index (χ0) is 19.4. The lowest BCUT2D eigenvalue weighted by molar-refractivity contribution is 0.572. The second-order valence-electron chi connectivity index (χ2n) is 9.55. The van der Waals surface area contributed by atoms with E-state index in [9.17, 15) is 0 Å². The number of para-hydroxylation sites is 1. The van der Waals surface area contributed by atoms with Gasteiger partial charge in [-0.05, 0) is 34.1 Å². The van der Waals surface area contributed by atoms with Crippen molar-refractivity contribution in [1.29, 1.82) is 0 Å². The first kappa shape index (κ1) is 17.9. The fourth-order valence-corrected chi connectivity index (χ4v) is 3.76. The predicted molar refractivity (Wildman–Crippen MR) is 117 cm³/mol. The summed E-state index contributed by atoms with van der Waals surface area (Å²) in [6.07, 6.45) is 0. The number of benzene rings is 3. The summed E-state index contributed by atoms with van der Waals surface area (Å²) in [6, 6.07) is 21.7. The van der Waals surface area contributed by atoms with Crippen LogP contribution in [0.3, 0.4) is 0 Å². The van der Waals surface area contributed by atoms with Gasteiger partial charge < -0.3 is 4.42 Å². The van der Waals surface area contributed by atoms with Gasteiger partial charge in [0.15, 0.2) is 0 Å². The standard InChI is InChI=1S/C26H28O/c1-25(2,3)18-15-20(17-11-8-7-9-12-17)23-21(16-18)19-13-10-14-22(24(19)27-23)26(4,5)6/h7-16H,1-6H3. The zero-order valence-corrected chi connectivity index (χ0v) is 17.2. The Hall–Kier alpha value is -2.54. The van der Waals surface area contributed by atoms with Crippen LogP contribution in [-0.4, -0.2) is 0 Å². The second-order valence-corrected chi connectivity index (χ2v) is 9.55. The Morgan fingerprint density at radius 3 is 1.96 bits per heavy atom. The molecule has 1 heteroatoms. The van der Waals surface area contributed by atoms with Crippen molar-refractivity contribution in [3.8, 4) is 11.1 Å². The van der Waals surface area contributed by atoms with Crippen molar-refractivity contribution in [2.45, 2.75) is 52.4 Å². The number of hydrogen-bond acceptors (Lipinski definition) is 1. The van der Waals surface area contributed by atoms with Crippen molar-refractivity contribution < 1.29 is 4.42 Å². The molecule has 138 valence electrons. The van der Waals surface area contributed by atoms with Gasteiger partial charge in [-0.15, -0.1) is 0 Å². The number of rotatable bonds is 1. The zero-order valence-electron chi connectivity index (χ0n) is 17.2. The maximum atomic E-state index is 6.56. The molecule has 27 heavy (non-hydrogen) atoms. The third-order valence-electron chi connectivity index (χ3n) is 5.36. The van der Waals surface area contributed by atoms with E-state index in [0.29, 0.717) is 0 Å². The van der Waals surface area contributed by atoms with Gasteiger partial charge in [0, 0.05) is 21.9 Å². The minimum absolute atomic E-state index is 0.0349. The van der Waals surface area contributed by atoms with Crippen LogP contribution in [0.15, 0.2) is 65.1 Å². The number of furan rings is 1. The monoisotopic (exact) mass is 356 g/mol. The van der Waals surface area contributed by atoms with E-state index in [1.54, 1.807) is 0 Å². The maximum absolute atomic E-state index is 6.56. The molecule has 1 heterocycles. The van der Waals surface area contributed by atoms with Crippen molar-refractivity contribution >= 4 is 21.9 Å². The lowest BCUT2D eigenvalue weighted by atomic mass is 9.83. The molecule has 1 aromatic heterocycles. The third kappa shape index (κ3) is 3.06. The Kier molecular flexibility index (Phi) is 3.96. The highest BCUT2D eigenvalue weighted by atomic mass is 16.3.